The number of benzene rings is 2. The van der Waals surface area contributed by atoms with Crippen molar-refractivity contribution in [1.29, 1.82) is 0 Å². The number of carbonyl (C=O) groups excluding carboxylic acids is 2. The van der Waals surface area contributed by atoms with Gasteiger partial charge >= 0.3 is 12.0 Å². The van der Waals surface area contributed by atoms with E-state index in [1.165, 1.54) is 12.3 Å². The van der Waals surface area contributed by atoms with Gasteiger partial charge in [0.2, 0.25) is 0 Å². The number of nitrogens with zero attached hydrogens (tertiary/aromatic N) is 3. The number of carbonyl (C=O) groups is 2. The van der Waals surface area contributed by atoms with E-state index in [1.807, 2.05) is 30.3 Å². The molecule has 4 aromatic rings. The molecule has 0 saturated heterocycles. The Labute approximate surface area is 197 Å². The summed E-state index contributed by atoms with van der Waals surface area (Å²) in [6.45, 7) is 0. The van der Waals surface area contributed by atoms with E-state index in [4.69, 9.17) is 10.5 Å². The Morgan fingerprint density at radius 3 is 2.42 bits per heavy atom. The number of nitrogen functional groups attached to an aromatic ring is 1. The lowest BCUT2D eigenvalue weighted by Crippen LogP contribution is -2.21. The second-order valence-corrected chi connectivity index (χ2v) is 7.64. The first-order valence-electron chi connectivity index (χ1n) is 9.69. The quantitative estimate of drug-likeness (QED) is 0.264. The van der Waals surface area contributed by atoms with E-state index in [9.17, 15) is 9.59 Å². The van der Waals surface area contributed by atoms with Crippen molar-refractivity contribution in [3.05, 3.63) is 89.0 Å². The molecule has 0 aliphatic heterocycles. The molecule has 0 radical (unpaired) electrons. The van der Waals surface area contributed by atoms with E-state index < -0.39 is 12.0 Å². The van der Waals surface area contributed by atoms with Gasteiger partial charge in [-0.3, -0.25) is 5.32 Å². The summed E-state index contributed by atoms with van der Waals surface area (Å²) in [5.41, 5.74) is 7.74. The maximum absolute atomic E-state index is 12.6. The Morgan fingerprint density at radius 2 is 1.67 bits per heavy atom. The number of hydrogen-bond donors (Lipinski definition) is 3. The number of amides is 2. The highest BCUT2D eigenvalue weighted by Gasteiger charge is 2.17. The van der Waals surface area contributed by atoms with Crippen LogP contribution in [0.3, 0.4) is 0 Å². The lowest BCUT2D eigenvalue weighted by molar-refractivity contribution is 0.0736. The van der Waals surface area contributed by atoms with Crippen molar-refractivity contribution >= 4 is 45.3 Å². The highest BCUT2D eigenvalue weighted by atomic mass is 79.9. The minimum Gasteiger partial charge on any atom is -0.421 e. The highest BCUT2D eigenvalue weighted by Crippen LogP contribution is 2.26. The van der Waals surface area contributed by atoms with Crippen molar-refractivity contribution in [2.45, 2.75) is 0 Å². The van der Waals surface area contributed by atoms with Crippen LogP contribution in [0.4, 0.5) is 22.1 Å². The van der Waals surface area contributed by atoms with E-state index in [2.05, 4.69) is 41.7 Å². The fraction of sp³-hybridized carbons (Fsp3) is 0. The Kier molecular flexibility index (Phi) is 6.56. The topological polar surface area (TPSA) is 132 Å². The summed E-state index contributed by atoms with van der Waals surface area (Å²) in [5, 5.41) is 13.4. The fourth-order valence-corrected chi connectivity index (χ4v) is 3.19. The van der Waals surface area contributed by atoms with Gasteiger partial charge in [-0.1, -0.05) is 42.5 Å². The second-order valence-electron chi connectivity index (χ2n) is 6.72. The minimum absolute atomic E-state index is 0.0314. The van der Waals surface area contributed by atoms with Crippen LogP contribution in [0.2, 0.25) is 0 Å². The molecule has 9 nitrogen and oxygen atoms in total. The largest absolute Gasteiger partial charge is 0.421 e. The maximum Gasteiger partial charge on any atom is 0.347 e. The number of urea groups is 1. The second kappa shape index (κ2) is 9.88. The SMILES string of the molecule is Nc1ncc(Br)cc1C(=O)Oc1ccccc1NC(=O)Nc1ccc(-c2ccccc2)nn1. The third-order valence-corrected chi connectivity index (χ3v) is 4.85. The van der Waals surface area contributed by atoms with Crippen molar-refractivity contribution in [2.24, 2.45) is 0 Å². The fourth-order valence-electron chi connectivity index (χ4n) is 2.86. The maximum atomic E-state index is 12.6. The number of nitrogens with one attached hydrogen (secondary N) is 2. The van der Waals surface area contributed by atoms with Crippen LogP contribution >= 0.6 is 15.9 Å². The number of para-hydroxylation sites is 2. The molecule has 2 aromatic carbocycles. The number of pyridine rings is 1. The summed E-state index contributed by atoms with van der Waals surface area (Å²) in [4.78, 5) is 29.0. The summed E-state index contributed by atoms with van der Waals surface area (Å²) in [6, 6.07) is 20.4. The first-order chi connectivity index (χ1) is 16.0. The molecule has 33 heavy (non-hydrogen) atoms. The van der Waals surface area contributed by atoms with Crippen LogP contribution in [0.15, 0.2) is 83.5 Å². The third kappa shape index (κ3) is 5.49. The summed E-state index contributed by atoms with van der Waals surface area (Å²) in [6.07, 6.45) is 1.47. The summed E-state index contributed by atoms with van der Waals surface area (Å²) < 4.78 is 6.01. The number of aromatic nitrogens is 3. The van der Waals surface area contributed by atoms with Gasteiger partial charge in [-0.05, 0) is 46.3 Å². The van der Waals surface area contributed by atoms with Gasteiger partial charge in [0.15, 0.2) is 11.6 Å². The van der Waals surface area contributed by atoms with E-state index in [0.717, 1.165) is 5.56 Å². The number of nitrogens with two attached hydrogens (primary N) is 1. The summed E-state index contributed by atoms with van der Waals surface area (Å²) in [7, 11) is 0. The van der Waals surface area contributed by atoms with Gasteiger partial charge in [0.1, 0.15) is 11.4 Å². The Hall–Kier alpha value is -4.31. The van der Waals surface area contributed by atoms with Gasteiger partial charge in [0, 0.05) is 16.2 Å². The van der Waals surface area contributed by atoms with Crippen LogP contribution in [0.1, 0.15) is 10.4 Å². The zero-order chi connectivity index (χ0) is 23.2. The van der Waals surface area contributed by atoms with Crippen molar-refractivity contribution in [3.63, 3.8) is 0 Å². The molecule has 0 atom stereocenters. The van der Waals surface area contributed by atoms with Crippen molar-refractivity contribution < 1.29 is 14.3 Å². The molecule has 4 rings (SSSR count). The molecule has 0 aliphatic carbocycles. The highest BCUT2D eigenvalue weighted by molar-refractivity contribution is 9.10. The average Bonchev–Trinajstić information content (AvgIpc) is 2.83. The average molecular weight is 505 g/mol. The van der Waals surface area contributed by atoms with Crippen molar-refractivity contribution in [1.82, 2.24) is 15.2 Å². The van der Waals surface area contributed by atoms with Gasteiger partial charge in [-0.15, -0.1) is 10.2 Å². The number of esters is 1. The van der Waals surface area contributed by atoms with Crippen LogP contribution < -0.4 is 21.1 Å². The van der Waals surface area contributed by atoms with Crippen LogP contribution in [-0.2, 0) is 0 Å². The standard InChI is InChI=1S/C23H17BrN6O3/c24-15-12-16(21(25)26-13-15)22(31)33-19-9-5-4-8-18(19)27-23(32)28-20-11-10-17(29-30-20)14-6-2-1-3-7-14/h1-13H,(H2,25,26)(H2,27,28,30,32). The van der Waals surface area contributed by atoms with Gasteiger partial charge in [0.25, 0.3) is 0 Å². The lowest BCUT2D eigenvalue weighted by atomic mass is 10.1. The first-order valence-corrected chi connectivity index (χ1v) is 10.5. The number of hydrogen-bond acceptors (Lipinski definition) is 7. The van der Waals surface area contributed by atoms with Crippen LogP contribution in [0, 0.1) is 0 Å². The lowest BCUT2D eigenvalue weighted by Gasteiger charge is -2.12. The van der Waals surface area contributed by atoms with Gasteiger partial charge in [-0.2, -0.15) is 0 Å². The normalized spacial score (nSPS) is 10.3. The van der Waals surface area contributed by atoms with Crippen molar-refractivity contribution in [2.75, 3.05) is 16.4 Å². The third-order valence-electron chi connectivity index (χ3n) is 4.42. The van der Waals surface area contributed by atoms with E-state index in [-0.39, 0.29) is 28.6 Å². The van der Waals surface area contributed by atoms with Crippen LogP contribution in [0.25, 0.3) is 11.3 Å². The molecule has 0 bridgehead atoms. The smallest absolute Gasteiger partial charge is 0.347 e. The van der Waals surface area contributed by atoms with E-state index in [0.29, 0.717) is 10.2 Å². The summed E-state index contributed by atoms with van der Waals surface area (Å²) >= 11 is 3.24. The van der Waals surface area contributed by atoms with E-state index >= 15 is 0 Å². The molecule has 0 spiro atoms. The van der Waals surface area contributed by atoms with Crippen LogP contribution in [0.5, 0.6) is 5.75 Å². The van der Waals surface area contributed by atoms with Crippen LogP contribution in [-0.4, -0.2) is 27.2 Å². The minimum atomic E-state index is -0.710. The zero-order valence-corrected chi connectivity index (χ0v) is 18.6. The summed E-state index contributed by atoms with van der Waals surface area (Å²) in [5.74, 6) is -0.278. The Morgan fingerprint density at radius 1 is 0.909 bits per heavy atom. The molecule has 10 heteroatoms. The van der Waals surface area contributed by atoms with Gasteiger partial charge in [0.05, 0.1) is 11.4 Å². The predicted octanol–water partition coefficient (Wildman–Crippen LogP) is 4.75. The molecule has 4 N–H and O–H groups in total. The molecular formula is C23H17BrN6O3. The molecule has 0 saturated carbocycles. The van der Waals surface area contributed by atoms with Gasteiger partial charge < -0.3 is 15.8 Å². The van der Waals surface area contributed by atoms with Crippen molar-refractivity contribution in [3.8, 4) is 17.0 Å². The molecular weight excluding hydrogens is 488 g/mol. The number of halogens is 1. The zero-order valence-electron chi connectivity index (χ0n) is 17.0. The Balaban J connectivity index is 1.44. The monoisotopic (exact) mass is 504 g/mol. The molecule has 2 aromatic heterocycles. The first kappa shape index (κ1) is 21.9. The molecule has 0 unspecified atom stereocenters. The number of ether oxygens (including phenoxy) is 1. The molecule has 2 amide bonds. The molecule has 0 aliphatic rings. The molecule has 164 valence electrons. The van der Waals surface area contributed by atoms with E-state index in [1.54, 1.807) is 36.4 Å². The van der Waals surface area contributed by atoms with Gasteiger partial charge in [-0.25, -0.2) is 14.6 Å². The molecule has 0 fully saturated rings. The Bertz CT molecular complexity index is 1300. The number of anilines is 3. The predicted molar refractivity (Wildman–Crippen MR) is 128 cm³/mol. The number of rotatable bonds is 5. The molecule has 2 heterocycles.